The zero-order valence-electron chi connectivity index (χ0n) is 20.5. The highest BCUT2D eigenvalue weighted by atomic mass is 35.5. The number of carboxylic acid groups (broad SMARTS) is 1. The number of carbonyl (C=O) groups is 4. The number of aryl methyl sites for hydroxylation is 1. The van der Waals surface area contributed by atoms with Gasteiger partial charge in [-0.3, -0.25) is 14.4 Å². The molecule has 3 aromatic carbocycles. The summed E-state index contributed by atoms with van der Waals surface area (Å²) in [5, 5.41) is 16.4. The van der Waals surface area contributed by atoms with Gasteiger partial charge < -0.3 is 30.0 Å². The largest absolute Gasteiger partial charge is 0.545 e. The zero-order chi connectivity index (χ0) is 27.6. The average molecular weight is 535 g/mol. The van der Waals surface area contributed by atoms with Crippen LogP contribution in [0, 0.1) is 6.92 Å². The number of hydrogen-bond acceptors (Lipinski definition) is 8. The topological polar surface area (TPSA) is 137 Å². The van der Waals surface area contributed by atoms with Crippen LogP contribution in [0.3, 0.4) is 0 Å². The van der Waals surface area contributed by atoms with Crippen molar-refractivity contribution >= 4 is 52.4 Å². The van der Waals surface area contributed by atoms with Crippen LogP contribution in [0.5, 0.6) is 11.5 Å². The minimum atomic E-state index is -1.43. The molecule has 0 saturated heterocycles. The molecule has 38 heavy (non-hydrogen) atoms. The number of imide groups is 1. The number of ether oxygens (including phenoxy) is 2. The van der Waals surface area contributed by atoms with Crippen molar-refractivity contribution in [2.45, 2.75) is 6.92 Å². The van der Waals surface area contributed by atoms with E-state index in [2.05, 4.69) is 10.6 Å². The first kappa shape index (κ1) is 26.2. The Labute approximate surface area is 222 Å². The molecular formula is C27H21ClN3O7-. The van der Waals surface area contributed by atoms with Crippen LogP contribution in [0.1, 0.15) is 26.3 Å². The molecule has 0 spiro atoms. The predicted octanol–water partition coefficient (Wildman–Crippen LogP) is 3.06. The fourth-order valence-electron chi connectivity index (χ4n) is 3.80. The Bertz CT molecular complexity index is 1520. The Morgan fingerprint density at radius 1 is 0.921 bits per heavy atom. The highest BCUT2D eigenvalue weighted by Crippen LogP contribution is 2.38. The third-order valence-corrected chi connectivity index (χ3v) is 6.16. The minimum Gasteiger partial charge on any atom is -0.545 e. The van der Waals surface area contributed by atoms with Gasteiger partial charge in [-0.2, -0.15) is 0 Å². The molecule has 0 aromatic heterocycles. The first-order valence-electron chi connectivity index (χ1n) is 11.2. The van der Waals surface area contributed by atoms with Crippen LogP contribution in [0.2, 0.25) is 0 Å². The van der Waals surface area contributed by atoms with Gasteiger partial charge in [0.05, 0.1) is 31.6 Å². The smallest absolute Gasteiger partial charge is 0.283 e. The second-order valence-corrected chi connectivity index (χ2v) is 8.49. The second-order valence-electron chi connectivity index (χ2n) is 8.11. The number of rotatable bonds is 8. The third kappa shape index (κ3) is 4.89. The number of para-hydroxylation sites is 1. The Kier molecular flexibility index (Phi) is 7.35. The SMILES string of the molecule is COc1ccc(N2C(=O)C(Cl)=C(Nc3cc(C(=O)Nc4ccccc4C(=O)[O-])ccc3C)C2=O)c(OC)c1. The molecule has 0 fully saturated rings. The summed E-state index contributed by atoms with van der Waals surface area (Å²) in [4.78, 5) is 51.4. The quantitative estimate of drug-likeness (QED) is 0.421. The van der Waals surface area contributed by atoms with Crippen molar-refractivity contribution < 1.29 is 33.8 Å². The first-order chi connectivity index (χ1) is 18.2. The van der Waals surface area contributed by atoms with E-state index in [1.165, 1.54) is 56.7 Å². The predicted molar refractivity (Wildman–Crippen MR) is 138 cm³/mol. The number of amides is 3. The Hall–Kier alpha value is -4.83. The first-order valence-corrected chi connectivity index (χ1v) is 11.5. The fourth-order valence-corrected chi connectivity index (χ4v) is 4.01. The van der Waals surface area contributed by atoms with E-state index in [-0.39, 0.29) is 39.0 Å². The van der Waals surface area contributed by atoms with Gasteiger partial charge in [-0.15, -0.1) is 0 Å². The van der Waals surface area contributed by atoms with Crippen molar-refractivity contribution in [2.24, 2.45) is 0 Å². The van der Waals surface area contributed by atoms with Gasteiger partial charge in [-0.05, 0) is 42.8 Å². The van der Waals surface area contributed by atoms with Gasteiger partial charge in [-0.25, -0.2) is 4.90 Å². The van der Waals surface area contributed by atoms with Crippen LogP contribution >= 0.6 is 11.6 Å². The van der Waals surface area contributed by atoms with E-state index in [1.807, 2.05) is 0 Å². The van der Waals surface area contributed by atoms with E-state index >= 15 is 0 Å². The lowest BCUT2D eigenvalue weighted by Gasteiger charge is -2.19. The molecule has 0 bridgehead atoms. The molecule has 10 nitrogen and oxygen atoms in total. The lowest BCUT2D eigenvalue weighted by Crippen LogP contribution is -2.32. The Morgan fingerprint density at radius 3 is 2.34 bits per heavy atom. The maximum absolute atomic E-state index is 13.3. The van der Waals surface area contributed by atoms with Crippen molar-refractivity contribution in [1.82, 2.24) is 0 Å². The number of hydrogen-bond donors (Lipinski definition) is 2. The highest BCUT2D eigenvalue weighted by Gasteiger charge is 2.40. The number of methoxy groups -OCH3 is 2. The van der Waals surface area contributed by atoms with Crippen LogP contribution in [0.15, 0.2) is 71.4 Å². The van der Waals surface area contributed by atoms with E-state index in [0.29, 0.717) is 17.0 Å². The third-order valence-electron chi connectivity index (χ3n) is 5.81. The Morgan fingerprint density at radius 2 is 1.66 bits per heavy atom. The molecule has 1 aliphatic heterocycles. The number of halogens is 1. The van der Waals surface area contributed by atoms with E-state index in [9.17, 15) is 24.3 Å². The van der Waals surface area contributed by atoms with E-state index in [4.69, 9.17) is 21.1 Å². The second kappa shape index (κ2) is 10.7. The van der Waals surface area contributed by atoms with Crippen LogP contribution in [-0.2, 0) is 9.59 Å². The maximum Gasteiger partial charge on any atom is 0.283 e. The highest BCUT2D eigenvalue weighted by molar-refractivity contribution is 6.53. The van der Waals surface area contributed by atoms with Crippen LogP contribution in [0.4, 0.5) is 17.1 Å². The lowest BCUT2D eigenvalue weighted by atomic mass is 10.1. The van der Waals surface area contributed by atoms with E-state index in [0.717, 1.165) is 4.90 Å². The number of carbonyl (C=O) groups excluding carboxylic acids is 4. The monoisotopic (exact) mass is 534 g/mol. The van der Waals surface area contributed by atoms with Gasteiger partial charge in [0, 0.05) is 22.9 Å². The number of anilines is 3. The standard InChI is InChI=1S/C27H22ClN3O7/c1-14-8-9-15(24(32)30-18-7-5-4-6-17(18)27(35)36)12-19(14)29-23-22(28)25(33)31(26(23)34)20-11-10-16(37-2)13-21(20)38-3/h4-13,29H,1-3H3,(H,30,32)(H,35,36)/p-1. The summed E-state index contributed by atoms with van der Waals surface area (Å²) in [6, 6.07) is 15.1. The fraction of sp³-hybridized carbons (Fsp3) is 0.111. The maximum atomic E-state index is 13.3. The summed E-state index contributed by atoms with van der Waals surface area (Å²) < 4.78 is 10.5. The van der Waals surface area contributed by atoms with Crippen molar-refractivity contribution in [3.8, 4) is 11.5 Å². The van der Waals surface area contributed by atoms with Crippen molar-refractivity contribution in [3.05, 3.63) is 88.1 Å². The molecule has 1 heterocycles. The van der Waals surface area contributed by atoms with Crippen molar-refractivity contribution in [2.75, 3.05) is 29.8 Å². The lowest BCUT2D eigenvalue weighted by molar-refractivity contribution is -0.254. The number of carboxylic acids is 1. The van der Waals surface area contributed by atoms with E-state index in [1.54, 1.807) is 25.1 Å². The molecule has 3 aromatic rings. The van der Waals surface area contributed by atoms with Gasteiger partial charge in [0.1, 0.15) is 22.2 Å². The number of nitrogens with one attached hydrogen (secondary N) is 2. The average Bonchev–Trinajstić information content (AvgIpc) is 3.12. The van der Waals surface area contributed by atoms with E-state index < -0.39 is 23.7 Å². The van der Waals surface area contributed by atoms with Gasteiger partial charge in [0.2, 0.25) is 0 Å². The number of nitrogens with zero attached hydrogens (tertiary/aromatic N) is 1. The molecule has 4 rings (SSSR count). The molecule has 0 saturated carbocycles. The van der Waals surface area contributed by atoms with Crippen LogP contribution in [0.25, 0.3) is 0 Å². The molecule has 2 N–H and O–H groups in total. The minimum absolute atomic E-state index is 0.0685. The summed E-state index contributed by atoms with van der Waals surface area (Å²) in [6.07, 6.45) is 0. The molecular weight excluding hydrogens is 514 g/mol. The van der Waals surface area contributed by atoms with Gasteiger partial charge in [0.15, 0.2) is 0 Å². The normalized spacial score (nSPS) is 13.0. The molecule has 0 aliphatic carbocycles. The van der Waals surface area contributed by atoms with Gasteiger partial charge in [0.25, 0.3) is 17.7 Å². The molecule has 0 atom stereocenters. The number of benzene rings is 3. The summed E-state index contributed by atoms with van der Waals surface area (Å²) in [6.45, 7) is 1.73. The molecule has 11 heteroatoms. The molecule has 194 valence electrons. The zero-order valence-corrected chi connectivity index (χ0v) is 21.2. The van der Waals surface area contributed by atoms with Gasteiger partial charge >= 0.3 is 0 Å². The van der Waals surface area contributed by atoms with Crippen molar-refractivity contribution in [3.63, 3.8) is 0 Å². The summed E-state index contributed by atoms with van der Waals surface area (Å²) in [5.41, 5.74) is 1.03. The molecule has 3 amide bonds. The number of aromatic carboxylic acids is 1. The van der Waals surface area contributed by atoms with Crippen LogP contribution in [-0.4, -0.2) is 37.9 Å². The van der Waals surface area contributed by atoms with Crippen LogP contribution < -0.4 is 30.1 Å². The molecule has 0 unspecified atom stereocenters. The summed E-state index contributed by atoms with van der Waals surface area (Å²) in [5.74, 6) is -2.82. The Balaban J connectivity index is 1.61. The van der Waals surface area contributed by atoms with Gasteiger partial charge in [-0.1, -0.05) is 35.9 Å². The molecule has 1 aliphatic rings. The summed E-state index contributed by atoms with van der Waals surface area (Å²) >= 11 is 6.28. The van der Waals surface area contributed by atoms with Crippen molar-refractivity contribution in [1.29, 1.82) is 0 Å². The molecule has 0 radical (unpaired) electrons. The summed E-state index contributed by atoms with van der Waals surface area (Å²) in [7, 11) is 2.86.